The summed E-state index contributed by atoms with van der Waals surface area (Å²) in [4.78, 5) is 9.90. The number of nitrogens with one attached hydrogen (secondary N) is 1. The Labute approximate surface area is 175 Å². The highest BCUT2D eigenvalue weighted by molar-refractivity contribution is 14.0. The Kier molecular flexibility index (Phi) is 9.71. The number of guanidine groups is 1. The molecule has 0 radical (unpaired) electrons. The first-order valence-electron chi connectivity index (χ1n) is 9.76. The van der Waals surface area contributed by atoms with Crippen LogP contribution in [0.5, 0.6) is 0 Å². The van der Waals surface area contributed by atoms with Gasteiger partial charge >= 0.3 is 0 Å². The number of benzene rings is 1. The van der Waals surface area contributed by atoms with Crippen molar-refractivity contribution < 1.29 is 4.74 Å². The second-order valence-electron chi connectivity index (χ2n) is 6.86. The summed E-state index contributed by atoms with van der Waals surface area (Å²) in [6.07, 6.45) is 3.42. The topological polar surface area (TPSA) is 40.1 Å². The third-order valence-electron chi connectivity index (χ3n) is 5.09. The summed E-state index contributed by atoms with van der Waals surface area (Å²) >= 11 is 0. The number of nitrogens with zero attached hydrogens (tertiary/aromatic N) is 3. The van der Waals surface area contributed by atoms with Gasteiger partial charge in [0.2, 0.25) is 0 Å². The lowest BCUT2D eigenvalue weighted by Gasteiger charge is -2.32. The molecule has 5 nitrogen and oxygen atoms in total. The summed E-state index contributed by atoms with van der Waals surface area (Å²) < 4.78 is 5.48. The van der Waals surface area contributed by atoms with E-state index in [0.29, 0.717) is 6.04 Å². The van der Waals surface area contributed by atoms with Crippen LogP contribution >= 0.6 is 24.0 Å². The zero-order valence-electron chi connectivity index (χ0n) is 15.9. The van der Waals surface area contributed by atoms with Crippen LogP contribution < -0.4 is 5.32 Å². The van der Waals surface area contributed by atoms with Crippen molar-refractivity contribution in [2.45, 2.75) is 32.2 Å². The minimum atomic E-state index is 0. The van der Waals surface area contributed by atoms with Crippen LogP contribution in [-0.4, -0.2) is 74.3 Å². The van der Waals surface area contributed by atoms with E-state index in [-0.39, 0.29) is 24.0 Å². The molecule has 2 aliphatic heterocycles. The molecule has 6 heteroatoms. The molecule has 2 saturated heterocycles. The van der Waals surface area contributed by atoms with E-state index in [1.165, 1.54) is 12.0 Å². The lowest BCUT2D eigenvalue weighted by atomic mass is 10.1. The smallest absolute Gasteiger partial charge is 0.193 e. The van der Waals surface area contributed by atoms with Crippen LogP contribution in [0.3, 0.4) is 0 Å². The van der Waals surface area contributed by atoms with E-state index >= 15 is 0 Å². The van der Waals surface area contributed by atoms with Crippen LogP contribution in [0.2, 0.25) is 0 Å². The van der Waals surface area contributed by atoms with Gasteiger partial charge in [0.1, 0.15) is 0 Å². The molecule has 0 aromatic heterocycles. The summed E-state index contributed by atoms with van der Waals surface area (Å²) in [7, 11) is 0. The molecule has 2 fully saturated rings. The van der Waals surface area contributed by atoms with Gasteiger partial charge in [-0.25, -0.2) is 0 Å². The number of aryl methyl sites for hydroxylation is 1. The predicted molar refractivity (Wildman–Crippen MR) is 119 cm³/mol. The van der Waals surface area contributed by atoms with Gasteiger partial charge in [0.15, 0.2) is 5.96 Å². The minimum Gasteiger partial charge on any atom is -0.379 e. The molecule has 3 rings (SSSR count). The predicted octanol–water partition coefficient (Wildman–Crippen LogP) is 2.61. The summed E-state index contributed by atoms with van der Waals surface area (Å²) in [5.41, 5.74) is 1.40. The minimum absolute atomic E-state index is 0. The molecule has 1 aromatic carbocycles. The molecule has 146 valence electrons. The third-order valence-corrected chi connectivity index (χ3v) is 5.09. The number of hydrogen-bond acceptors (Lipinski definition) is 3. The summed E-state index contributed by atoms with van der Waals surface area (Å²) in [6.45, 7) is 10.1. The zero-order valence-corrected chi connectivity index (χ0v) is 18.2. The maximum absolute atomic E-state index is 5.48. The van der Waals surface area contributed by atoms with Crippen LogP contribution in [0, 0.1) is 0 Å². The first kappa shape index (κ1) is 21.4. The van der Waals surface area contributed by atoms with Crippen LogP contribution in [0.15, 0.2) is 35.3 Å². The van der Waals surface area contributed by atoms with Gasteiger partial charge in [0, 0.05) is 45.3 Å². The molecule has 0 amide bonds. The highest BCUT2D eigenvalue weighted by atomic mass is 127. The largest absolute Gasteiger partial charge is 0.379 e. The number of hydrogen-bond donors (Lipinski definition) is 1. The van der Waals surface area contributed by atoms with Crippen molar-refractivity contribution in [2.24, 2.45) is 4.99 Å². The molecule has 26 heavy (non-hydrogen) atoms. The van der Waals surface area contributed by atoms with Crippen molar-refractivity contribution in [3.63, 3.8) is 0 Å². The van der Waals surface area contributed by atoms with Crippen molar-refractivity contribution >= 4 is 29.9 Å². The SMILES string of the molecule is CCNC(=NCCCc1ccccc1)N1CCC(N2CCOCC2)C1.I. The van der Waals surface area contributed by atoms with Crippen LogP contribution in [0.1, 0.15) is 25.3 Å². The quantitative estimate of drug-likeness (QED) is 0.299. The lowest BCUT2D eigenvalue weighted by molar-refractivity contribution is 0.0195. The highest BCUT2D eigenvalue weighted by Gasteiger charge is 2.30. The molecule has 2 aliphatic rings. The van der Waals surface area contributed by atoms with Gasteiger partial charge in [-0.1, -0.05) is 30.3 Å². The Balaban J connectivity index is 0.00000243. The Morgan fingerprint density at radius 1 is 1.19 bits per heavy atom. The van der Waals surface area contributed by atoms with E-state index in [4.69, 9.17) is 9.73 Å². The normalized spacial score (nSPS) is 21.5. The Morgan fingerprint density at radius 3 is 2.69 bits per heavy atom. The fourth-order valence-corrected chi connectivity index (χ4v) is 3.71. The van der Waals surface area contributed by atoms with E-state index < -0.39 is 0 Å². The molecule has 0 aliphatic carbocycles. The second kappa shape index (κ2) is 11.8. The van der Waals surface area contributed by atoms with E-state index in [1.807, 2.05) is 0 Å². The summed E-state index contributed by atoms with van der Waals surface area (Å²) in [6, 6.07) is 11.3. The molecule has 1 N–H and O–H groups in total. The number of likely N-dealkylation sites (tertiary alicyclic amines) is 1. The Morgan fingerprint density at radius 2 is 1.96 bits per heavy atom. The van der Waals surface area contributed by atoms with E-state index in [0.717, 1.165) is 71.3 Å². The molecule has 0 saturated carbocycles. The molecule has 0 spiro atoms. The Hall–Kier alpha value is -0.860. The fourth-order valence-electron chi connectivity index (χ4n) is 3.71. The maximum atomic E-state index is 5.48. The molecule has 1 atom stereocenters. The third kappa shape index (κ3) is 6.39. The highest BCUT2D eigenvalue weighted by Crippen LogP contribution is 2.17. The molecule has 1 aromatic rings. The Bertz CT molecular complexity index is 534. The first-order valence-corrected chi connectivity index (χ1v) is 9.76. The molecular formula is C20H33IN4O. The van der Waals surface area contributed by atoms with Crippen molar-refractivity contribution in [3.8, 4) is 0 Å². The van der Waals surface area contributed by atoms with E-state index in [1.54, 1.807) is 0 Å². The van der Waals surface area contributed by atoms with E-state index in [2.05, 4.69) is 52.4 Å². The first-order chi connectivity index (χ1) is 12.4. The molecule has 2 heterocycles. The average Bonchev–Trinajstić information content (AvgIpc) is 3.16. The van der Waals surface area contributed by atoms with Crippen molar-refractivity contribution in [3.05, 3.63) is 35.9 Å². The second-order valence-corrected chi connectivity index (χ2v) is 6.86. The number of halogens is 1. The van der Waals surface area contributed by atoms with Crippen molar-refractivity contribution in [1.82, 2.24) is 15.1 Å². The maximum Gasteiger partial charge on any atom is 0.193 e. The lowest BCUT2D eigenvalue weighted by Crippen LogP contribution is -2.46. The van der Waals surface area contributed by atoms with Gasteiger partial charge in [0.05, 0.1) is 13.2 Å². The molecular weight excluding hydrogens is 439 g/mol. The standard InChI is InChI=1S/C20H32N4O.HI/c1-2-21-20(22-11-6-9-18-7-4-3-5-8-18)24-12-10-19(17-24)23-13-15-25-16-14-23;/h3-5,7-8,19H,2,6,9-17H2,1H3,(H,21,22);1H. The number of rotatable bonds is 6. The van der Waals surface area contributed by atoms with Gasteiger partial charge in [0.25, 0.3) is 0 Å². The van der Waals surface area contributed by atoms with Crippen molar-refractivity contribution in [1.29, 1.82) is 0 Å². The average molecular weight is 472 g/mol. The zero-order chi connectivity index (χ0) is 17.3. The van der Waals surface area contributed by atoms with Crippen molar-refractivity contribution in [2.75, 3.05) is 52.5 Å². The number of morpholine rings is 1. The molecule has 0 bridgehead atoms. The number of aliphatic imine (C=N–C) groups is 1. The fraction of sp³-hybridized carbons (Fsp3) is 0.650. The van der Waals surface area contributed by atoms with Crippen LogP contribution in [0.4, 0.5) is 0 Å². The van der Waals surface area contributed by atoms with E-state index in [9.17, 15) is 0 Å². The van der Waals surface area contributed by atoms with Crippen LogP contribution in [-0.2, 0) is 11.2 Å². The van der Waals surface area contributed by atoms with Gasteiger partial charge in [-0.3, -0.25) is 9.89 Å². The summed E-state index contributed by atoms with van der Waals surface area (Å²) in [5, 5.41) is 3.48. The van der Waals surface area contributed by atoms with Gasteiger partial charge in [-0.05, 0) is 31.7 Å². The van der Waals surface area contributed by atoms with Crippen LogP contribution in [0.25, 0.3) is 0 Å². The summed E-state index contributed by atoms with van der Waals surface area (Å²) in [5.74, 6) is 1.09. The van der Waals surface area contributed by atoms with Gasteiger partial charge in [-0.15, -0.1) is 24.0 Å². The monoisotopic (exact) mass is 472 g/mol. The number of ether oxygens (including phenoxy) is 1. The van der Waals surface area contributed by atoms with Gasteiger partial charge in [-0.2, -0.15) is 0 Å². The molecule has 1 unspecified atom stereocenters. The van der Waals surface area contributed by atoms with Gasteiger partial charge < -0.3 is 15.0 Å².